The van der Waals surface area contributed by atoms with Crippen LogP contribution in [0.3, 0.4) is 0 Å². The molecule has 3 heterocycles. The molecule has 4 amide bonds. The molecule has 1 aromatic carbocycles. The van der Waals surface area contributed by atoms with Gasteiger partial charge in [0, 0.05) is 11.9 Å². The van der Waals surface area contributed by atoms with Gasteiger partial charge in [0.15, 0.2) is 0 Å². The number of carbonyl (C=O) groups excluding carboxylic acids is 3. The highest BCUT2D eigenvalue weighted by atomic mass is 16.5. The van der Waals surface area contributed by atoms with Gasteiger partial charge in [-0.25, -0.2) is 4.79 Å². The number of furan rings is 1. The zero-order valence-electron chi connectivity index (χ0n) is 16.0. The first kappa shape index (κ1) is 19.3. The summed E-state index contributed by atoms with van der Waals surface area (Å²) in [5.74, 6) is -0.200. The zero-order valence-corrected chi connectivity index (χ0v) is 16.0. The number of rotatable bonds is 7. The Balaban J connectivity index is 1.49. The van der Waals surface area contributed by atoms with Crippen LogP contribution in [0.25, 0.3) is 6.08 Å². The van der Waals surface area contributed by atoms with Crippen LogP contribution in [0.5, 0.6) is 5.75 Å². The maximum atomic E-state index is 12.8. The predicted octanol–water partition coefficient (Wildman–Crippen LogP) is 2.82. The molecule has 1 aliphatic heterocycles. The van der Waals surface area contributed by atoms with Crippen molar-refractivity contribution in [1.29, 1.82) is 0 Å². The lowest BCUT2D eigenvalue weighted by Gasteiger charge is -2.25. The van der Waals surface area contributed by atoms with Crippen LogP contribution in [0.1, 0.15) is 11.5 Å². The summed E-state index contributed by atoms with van der Waals surface area (Å²) < 4.78 is 12.8. The Morgan fingerprint density at radius 2 is 1.83 bits per heavy atom. The molecule has 0 bridgehead atoms. The van der Waals surface area contributed by atoms with Gasteiger partial charge in [0.2, 0.25) is 0 Å². The summed E-state index contributed by atoms with van der Waals surface area (Å²) >= 11 is 0. The molecule has 0 aliphatic carbocycles. The normalized spacial score (nSPS) is 15.5. The number of hydrogen-bond acceptors (Lipinski definition) is 5. The highest BCUT2D eigenvalue weighted by Gasteiger charge is 2.36. The Morgan fingerprint density at radius 3 is 2.60 bits per heavy atom. The molecule has 4 rings (SSSR count). The number of nitrogens with one attached hydrogen (secondary N) is 1. The summed E-state index contributed by atoms with van der Waals surface area (Å²) in [5.41, 5.74) is 0.530. The Bertz CT molecular complexity index is 1080. The average Bonchev–Trinajstić information content (AvgIpc) is 3.41. The van der Waals surface area contributed by atoms with Crippen molar-refractivity contribution in [3.05, 3.63) is 84.1 Å². The molecule has 1 N–H and O–H groups in total. The van der Waals surface area contributed by atoms with Crippen molar-refractivity contribution < 1.29 is 23.5 Å². The third kappa shape index (κ3) is 4.17. The van der Waals surface area contributed by atoms with Crippen molar-refractivity contribution in [3.8, 4) is 5.75 Å². The van der Waals surface area contributed by atoms with Crippen LogP contribution >= 0.6 is 0 Å². The number of nitrogens with zero attached hydrogens (tertiary/aromatic N) is 2. The van der Waals surface area contributed by atoms with Crippen molar-refractivity contribution in [2.75, 3.05) is 6.61 Å². The Labute approximate surface area is 172 Å². The van der Waals surface area contributed by atoms with Crippen molar-refractivity contribution in [3.63, 3.8) is 0 Å². The molecule has 8 nitrogen and oxygen atoms in total. The number of hydrogen-bond donors (Lipinski definition) is 1. The number of benzene rings is 1. The van der Waals surface area contributed by atoms with E-state index in [4.69, 9.17) is 9.15 Å². The highest BCUT2D eigenvalue weighted by Crippen LogP contribution is 2.18. The van der Waals surface area contributed by atoms with Gasteiger partial charge in [-0.05, 0) is 42.5 Å². The fourth-order valence-electron chi connectivity index (χ4n) is 3.08. The molecule has 0 saturated carbocycles. The van der Waals surface area contributed by atoms with E-state index in [0.29, 0.717) is 24.6 Å². The van der Waals surface area contributed by atoms with Crippen LogP contribution in [0.2, 0.25) is 0 Å². The van der Waals surface area contributed by atoms with Crippen LogP contribution in [0.4, 0.5) is 4.79 Å². The number of para-hydroxylation sites is 1. The second kappa shape index (κ2) is 8.52. The number of urea groups is 1. The van der Waals surface area contributed by atoms with E-state index in [9.17, 15) is 14.4 Å². The second-order valence-electron chi connectivity index (χ2n) is 6.58. The van der Waals surface area contributed by atoms with Crippen LogP contribution in [0.15, 0.2) is 77.0 Å². The van der Waals surface area contributed by atoms with E-state index in [1.54, 1.807) is 18.2 Å². The molecule has 0 atom stereocenters. The lowest BCUT2D eigenvalue weighted by Crippen LogP contribution is -2.53. The Hall–Kier alpha value is -4.07. The minimum Gasteiger partial charge on any atom is -0.492 e. The van der Waals surface area contributed by atoms with Gasteiger partial charge in [-0.15, -0.1) is 0 Å². The van der Waals surface area contributed by atoms with Gasteiger partial charge >= 0.3 is 6.03 Å². The number of barbiturate groups is 1. The van der Waals surface area contributed by atoms with E-state index in [-0.39, 0.29) is 12.1 Å². The molecule has 8 heteroatoms. The van der Waals surface area contributed by atoms with E-state index < -0.39 is 17.8 Å². The number of imide groups is 2. The number of carbonyl (C=O) groups is 3. The van der Waals surface area contributed by atoms with Gasteiger partial charge in [-0.3, -0.25) is 19.8 Å². The monoisotopic (exact) mass is 405 g/mol. The summed E-state index contributed by atoms with van der Waals surface area (Å²) in [6.45, 7) is 0.873. The Morgan fingerprint density at radius 1 is 1.00 bits per heavy atom. The topological polar surface area (TPSA) is 93.8 Å². The molecular weight excluding hydrogens is 386 g/mol. The van der Waals surface area contributed by atoms with E-state index in [1.807, 2.05) is 47.2 Å². The maximum absolute atomic E-state index is 12.8. The third-order valence-electron chi connectivity index (χ3n) is 4.58. The minimum atomic E-state index is -0.773. The molecular formula is C22H19N3O5. The SMILES string of the molecule is O=C1NC(=O)N(Cc2ccco2)C(=O)/C1=C\c1cccn1CCOc1ccccc1. The fourth-order valence-corrected chi connectivity index (χ4v) is 3.08. The van der Waals surface area contributed by atoms with Gasteiger partial charge in [0.25, 0.3) is 11.8 Å². The van der Waals surface area contributed by atoms with Crippen LogP contribution < -0.4 is 10.1 Å². The van der Waals surface area contributed by atoms with Gasteiger partial charge in [0.1, 0.15) is 23.7 Å². The first-order valence-electron chi connectivity index (χ1n) is 9.36. The molecule has 0 unspecified atom stereocenters. The van der Waals surface area contributed by atoms with Crippen molar-refractivity contribution >= 4 is 23.9 Å². The quantitative estimate of drug-likeness (QED) is 0.482. The van der Waals surface area contributed by atoms with Crippen LogP contribution in [-0.2, 0) is 22.7 Å². The van der Waals surface area contributed by atoms with Gasteiger partial charge in [0.05, 0.1) is 19.4 Å². The maximum Gasteiger partial charge on any atom is 0.331 e. The molecule has 0 spiro atoms. The number of amides is 4. The first-order valence-corrected chi connectivity index (χ1v) is 9.36. The molecule has 152 valence electrons. The Kier molecular flexibility index (Phi) is 5.47. The third-order valence-corrected chi connectivity index (χ3v) is 4.58. The van der Waals surface area contributed by atoms with Crippen molar-refractivity contribution in [1.82, 2.24) is 14.8 Å². The van der Waals surface area contributed by atoms with E-state index in [1.165, 1.54) is 12.3 Å². The highest BCUT2D eigenvalue weighted by molar-refractivity contribution is 6.30. The average molecular weight is 405 g/mol. The summed E-state index contributed by atoms with van der Waals surface area (Å²) in [6, 6.07) is 15.6. The largest absolute Gasteiger partial charge is 0.492 e. The fraction of sp³-hybridized carbons (Fsp3) is 0.136. The van der Waals surface area contributed by atoms with E-state index in [0.717, 1.165) is 10.6 Å². The van der Waals surface area contributed by atoms with Crippen molar-refractivity contribution in [2.24, 2.45) is 0 Å². The molecule has 30 heavy (non-hydrogen) atoms. The molecule has 1 aliphatic rings. The number of aromatic nitrogens is 1. The zero-order chi connectivity index (χ0) is 20.9. The standard InChI is InChI=1S/C22H19N3O5/c26-20-19(21(27)25(22(28)23-20)15-18-9-5-12-29-18)14-16-6-4-10-24(16)11-13-30-17-7-2-1-3-8-17/h1-10,12,14H,11,13,15H2,(H,23,26,28)/b19-14-. The second-order valence-corrected chi connectivity index (χ2v) is 6.58. The van der Waals surface area contributed by atoms with Crippen LogP contribution in [-0.4, -0.2) is 33.9 Å². The smallest absolute Gasteiger partial charge is 0.331 e. The summed E-state index contributed by atoms with van der Waals surface area (Å²) in [7, 11) is 0. The molecule has 2 aromatic heterocycles. The molecule has 3 aromatic rings. The van der Waals surface area contributed by atoms with Gasteiger partial charge in [-0.1, -0.05) is 18.2 Å². The summed E-state index contributed by atoms with van der Waals surface area (Å²) in [5, 5.41) is 2.20. The van der Waals surface area contributed by atoms with Crippen LogP contribution in [0, 0.1) is 0 Å². The predicted molar refractivity (Wildman–Crippen MR) is 107 cm³/mol. The lowest BCUT2D eigenvalue weighted by molar-refractivity contribution is -0.130. The summed E-state index contributed by atoms with van der Waals surface area (Å²) in [6.07, 6.45) is 4.76. The first-order chi connectivity index (χ1) is 14.6. The van der Waals surface area contributed by atoms with Crippen molar-refractivity contribution in [2.45, 2.75) is 13.1 Å². The van der Waals surface area contributed by atoms with Gasteiger partial charge < -0.3 is 13.7 Å². The van der Waals surface area contributed by atoms with Gasteiger partial charge in [-0.2, -0.15) is 0 Å². The van der Waals surface area contributed by atoms with E-state index >= 15 is 0 Å². The molecule has 0 radical (unpaired) electrons. The number of ether oxygens (including phenoxy) is 1. The van der Waals surface area contributed by atoms with E-state index in [2.05, 4.69) is 5.32 Å². The lowest BCUT2D eigenvalue weighted by atomic mass is 10.1. The minimum absolute atomic E-state index is 0.0613. The summed E-state index contributed by atoms with van der Waals surface area (Å²) in [4.78, 5) is 38.2. The molecule has 1 saturated heterocycles. The molecule has 1 fully saturated rings.